The molecule has 0 spiro atoms. The minimum absolute atomic E-state index is 0.0269. The second-order valence-corrected chi connectivity index (χ2v) is 5.30. The predicted molar refractivity (Wildman–Crippen MR) is 71.3 cm³/mol. The Hall–Kier alpha value is -1.35. The molecule has 18 heavy (non-hydrogen) atoms. The molecular formula is C15H20N2O. The summed E-state index contributed by atoms with van der Waals surface area (Å²) in [4.78, 5) is 12.1. The molecule has 3 nitrogen and oxygen atoms in total. The van der Waals surface area contributed by atoms with Gasteiger partial charge in [0.15, 0.2) is 0 Å². The van der Waals surface area contributed by atoms with Crippen molar-refractivity contribution in [2.24, 2.45) is 0 Å². The summed E-state index contributed by atoms with van der Waals surface area (Å²) in [7, 11) is 0. The van der Waals surface area contributed by atoms with E-state index in [4.69, 9.17) is 0 Å². The van der Waals surface area contributed by atoms with Gasteiger partial charge in [0, 0.05) is 0 Å². The van der Waals surface area contributed by atoms with Crippen molar-refractivity contribution >= 4 is 5.91 Å². The first kappa shape index (κ1) is 11.7. The van der Waals surface area contributed by atoms with Crippen LogP contribution in [-0.2, 0) is 11.2 Å². The fourth-order valence-electron chi connectivity index (χ4n) is 3.08. The summed E-state index contributed by atoms with van der Waals surface area (Å²) in [6, 6.07) is 8.73. The number of hydrogen-bond acceptors (Lipinski definition) is 2. The molecule has 3 rings (SSSR count). The van der Waals surface area contributed by atoms with Gasteiger partial charge < -0.3 is 10.6 Å². The van der Waals surface area contributed by atoms with E-state index in [-0.39, 0.29) is 18.0 Å². The van der Waals surface area contributed by atoms with Crippen LogP contribution in [0.1, 0.15) is 42.9 Å². The number of aryl methyl sites for hydroxylation is 1. The van der Waals surface area contributed by atoms with Crippen LogP contribution >= 0.6 is 0 Å². The molecular weight excluding hydrogens is 224 g/mol. The highest BCUT2D eigenvalue weighted by Gasteiger charge is 2.26. The lowest BCUT2D eigenvalue weighted by Gasteiger charge is -2.27. The molecule has 1 aliphatic heterocycles. The Balaban J connectivity index is 1.72. The smallest absolute Gasteiger partial charge is 0.237 e. The molecule has 1 aromatic carbocycles. The Labute approximate surface area is 108 Å². The molecule has 0 aromatic heterocycles. The lowest BCUT2D eigenvalue weighted by atomic mass is 9.87. The average molecular weight is 244 g/mol. The second-order valence-electron chi connectivity index (χ2n) is 5.30. The van der Waals surface area contributed by atoms with Gasteiger partial charge in [-0.25, -0.2) is 0 Å². The van der Waals surface area contributed by atoms with E-state index in [2.05, 4.69) is 34.9 Å². The largest absolute Gasteiger partial charge is 0.348 e. The Morgan fingerprint density at radius 3 is 2.94 bits per heavy atom. The van der Waals surface area contributed by atoms with E-state index in [1.807, 2.05) is 0 Å². The molecule has 2 atom stereocenters. The molecule has 1 fully saturated rings. The minimum Gasteiger partial charge on any atom is -0.348 e. The molecule has 96 valence electrons. The van der Waals surface area contributed by atoms with Gasteiger partial charge in [-0.1, -0.05) is 24.3 Å². The summed E-state index contributed by atoms with van der Waals surface area (Å²) in [6.07, 6.45) is 5.46. The number of hydrogen-bond donors (Lipinski definition) is 2. The van der Waals surface area contributed by atoms with Crippen molar-refractivity contribution in [3.8, 4) is 0 Å². The van der Waals surface area contributed by atoms with Gasteiger partial charge in [-0.05, 0) is 49.8 Å². The third-order valence-corrected chi connectivity index (χ3v) is 4.06. The van der Waals surface area contributed by atoms with Crippen LogP contribution in [0.25, 0.3) is 0 Å². The molecule has 0 saturated carbocycles. The number of fused-ring (bicyclic) bond motifs is 1. The van der Waals surface area contributed by atoms with Gasteiger partial charge in [0.2, 0.25) is 5.91 Å². The van der Waals surface area contributed by atoms with Gasteiger partial charge >= 0.3 is 0 Å². The Morgan fingerprint density at radius 1 is 1.22 bits per heavy atom. The van der Waals surface area contributed by atoms with Crippen molar-refractivity contribution in [3.63, 3.8) is 0 Å². The highest BCUT2D eigenvalue weighted by atomic mass is 16.2. The van der Waals surface area contributed by atoms with Crippen molar-refractivity contribution in [1.29, 1.82) is 0 Å². The average Bonchev–Trinajstić information content (AvgIpc) is 2.93. The maximum atomic E-state index is 12.1. The molecule has 1 heterocycles. The lowest BCUT2D eigenvalue weighted by Crippen LogP contribution is -2.42. The van der Waals surface area contributed by atoms with Crippen molar-refractivity contribution < 1.29 is 4.79 Å². The van der Waals surface area contributed by atoms with E-state index in [1.165, 1.54) is 17.5 Å². The number of carbonyl (C=O) groups excluding carboxylic acids is 1. The molecule has 2 N–H and O–H groups in total. The summed E-state index contributed by atoms with van der Waals surface area (Å²) < 4.78 is 0. The van der Waals surface area contributed by atoms with Crippen LogP contribution in [0, 0.1) is 0 Å². The Kier molecular flexibility index (Phi) is 3.33. The molecule has 1 aliphatic carbocycles. The molecule has 3 heteroatoms. The van der Waals surface area contributed by atoms with Crippen LogP contribution in [-0.4, -0.2) is 18.5 Å². The summed E-state index contributed by atoms with van der Waals surface area (Å²) in [6.45, 7) is 0.972. The van der Waals surface area contributed by atoms with Crippen molar-refractivity contribution in [2.45, 2.75) is 44.2 Å². The maximum absolute atomic E-state index is 12.1. The summed E-state index contributed by atoms with van der Waals surface area (Å²) in [5, 5.41) is 6.47. The van der Waals surface area contributed by atoms with Crippen molar-refractivity contribution in [2.75, 3.05) is 6.54 Å². The van der Waals surface area contributed by atoms with E-state index in [9.17, 15) is 4.79 Å². The maximum Gasteiger partial charge on any atom is 0.237 e. The monoisotopic (exact) mass is 244 g/mol. The SMILES string of the molecule is O=C(NC1CCCc2ccccc21)C1CCCN1. The standard InChI is InChI=1S/C15H20N2O/c18-15(14-9-4-10-16-14)17-13-8-3-6-11-5-1-2-7-12(11)13/h1-2,5,7,13-14,16H,3-4,6,8-10H2,(H,17,18). The van der Waals surface area contributed by atoms with Crippen LogP contribution in [0.3, 0.4) is 0 Å². The first-order valence-electron chi connectivity index (χ1n) is 6.96. The van der Waals surface area contributed by atoms with E-state index >= 15 is 0 Å². The van der Waals surface area contributed by atoms with Crippen LogP contribution in [0.5, 0.6) is 0 Å². The highest BCUT2D eigenvalue weighted by molar-refractivity contribution is 5.82. The number of benzene rings is 1. The topological polar surface area (TPSA) is 41.1 Å². The molecule has 1 saturated heterocycles. The summed E-state index contributed by atoms with van der Waals surface area (Å²) in [5.74, 6) is 0.175. The molecule has 1 aromatic rings. The summed E-state index contributed by atoms with van der Waals surface area (Å²) >= 11 is 0. The predicted octanol–water partition coefficient (Wildman–Crippen LogP) is 1.93. The fraction of sp³-hybridized carbons (Fsp3) is 0.533. The summed E-state index contributed by atoms with van der Waals surface area (Å²) in [5.41, 5.74) is 2.71. The van der Waals surface area contributed by atoms with Gasteiger partial charge in [0.05, 0.1) is 12.1 Å². The van der Waals surface area contributed by atoms with E-state index in [0.29, 0.717) is 0 Å². The molecule has 0 radical (unpaired) electrons. The van der Waals surface area contributed by atoms with Gasteiger partial charge in [-0.15, -0.1) is 0 Å². The minimum atomic E-state index is 0.0269. The van der Waals surface area contributed by atoms with Crippen molar-refractivity contribution in [1.82, 2.24) is 10.6 Å². The molecule has 1 amide bonds. The zero-order valence-corrected chi connectivity index (χ0v) is 10.6. The van der Waals surface area contributed by atoms with Crippen molar-refractivity contribution in [3.05, 3.63) is 35.4 Å². The first-order valence-corrected chi connectivity index (χ1v) is 6.96. The van der Waals surface area contributed by atoms with E-state index in [0.717, 1.165) is 32.2 Å². The third kappa shape index (κ3) is 2.27. The number of nitrogens with one attached hydrogen (secondary N) is 2. The van der Waals surface area contributed by atoms with Crippen LogP contribution < -0.4 is 10.6 Å². The zero-order chi connectivity index (χ0) is 12.4. The number of rotatable bonds is 2. The molecule has 0 bridgehead atoms. The lowest BCUT2D eigenvalue weighted by molar-refractivity contribution is -0.123. The quantitative estimate of drug-likeness (QED) is 0.834. The second kappa shape index (κ2) is 5.11. The van der Waals surface area contributed by atoms with E-state index in [1.54, 1.807) is 0 Å². The van der Waals surface area contributed by atoms with Crippen LogP contribution in [0.2, 0.25) is 0 Å². The normalized spacial score (nSPS) is 26.7. The number of amides is 1. The number of carbonyl (C=O) groups is 1. The Morgan fingerprint density at radius 2 is 2.11 bits per heavy atom. The van der Waals surface area contributed by atoms with Gasteiger partial charge in [0.1, 0.15) is 0 Å². The fourth-order valence-corrected chi connectivity index (χ4v) is 3.08. The van der Waals surface area contributed by atoms with Gasteiger partial charge in [0.25, 0.3) is 0 Å². The van der Waals surface area contributed by atoms with Crippen LogP contribution in [0.4, 0.5) is 0 Å². The van der Waals surface area contributed by atoms with Gasteiger partial charge in [-0.3, -0.25) is 4.79 Å². The van der Waals surface area contributed by atoms with Crippen LogP contribution in [0.15, 0.2) is 24.3 Å². The molecule has 2 aliphatic rings. The van der Waals surface area contributed by atoms with E-state index < -0.39 is 0 Å². The van der Waals surface area contributed by atoms with Gasteiger partial charge in [-0.2, -0.15) is 0 Å². The first-order chi connectivity index (χ1) is 8.84. The highest BCUT2D eigenvalue weighted by Crippen LogP contribution is 2.29. The third-order valence-electron chi connectivity index (χ3n) is 4.06. The zero-order valence-electron chi connectivity index (χ0n) is 10.6. The molecule has 2 unspecified atom stereocenters. The Bertz CT molecular complexity index is 438.